The van der Waals surface area contributed by atoms with Crippen molar-refractivity contribution in [2.75, 3.05) is 0 Å². The third-order valence-corrected chi connectivity index (χ3v) is 5.10. The summed E-state index contributed by atoms with van der Waals surface area (Å²) in [6.07, 6.45) is 0. The molecule has 13 heteroatoms. The molecule has 0 unspecified atom stereocenters. The van der Waals surface area contributed by atoms with Gasteiger partial charge in [-0.1, -0.05) is 36.4 Å². The number of hydrogen-bond donors (Lipinski definition) is 0. The Balaban J connectivity index is 0.000000563. The maximum Gasteiger partial charge on any atom is 2.00 e. The maximum atomic E-state index is 8.67. The molecule has 0 aliphatic heterocycles. The maximum absolute atomic E-state index is 8.67. The van der Waals surface area contributed by atoms with Gasteiger partial charge in [0.25, 0.3) is 0 Å². The van der Waals surface area contributed by atoms with Crippen LogP contribution in [0.5, 0.6) is 0 Å². The molecule has 0 amide bonds. The van der Waals surface area contributed by atoms with Gasteiger partial charge in [-0.05, 0) is 0 Å². The van der Waals surface area contributed by atoms with Gasteiger partial charge in [-0.3, -0.25) is 0 Å². The van der Waals surface area contributed by atoms with Crippen LogP contribution in [-0.2, 0) is 57.4 Å². The molecule has 9 nitrogen and oxygen atoms in total. The Morgan fingerprint density at radius 3 is 0.575 bits per heavy atom. The quantitative estimate of drug-likeness (QED) is 0.261. The number of benzene rings is 3. The first-order chi connectivity index (χ1) is 18.7. The van der Waals surface area contributed by atoms with Crippen molar-refractivity contribution in [2.24, 2.45) is 0 Å². The normalized spacial score (nSPS) is 7.88. The molecule has 0 saturated heterocycles. The average molecular weight is 618 g/mol. The van der Waals surface area contributed by atoms with Crippen molar-refractivity contribution in [3.8, 4) is 54.6 Å². The standard InChI is InChI=1S/3C9H3N3S.Zn/c3*10-3-6-1-8(13)2-7(4-11)9(6)5-12;/h3*1-2,13H;/q;;;+2/p-3. The van der Waals surface area contributed by atoms with Crippen molar-refractivity contribution < 1.29 is 19.5 Å². The first-order valence-corrected chi connectivity index (χ1v) is 11.1. The predicted octanol–water partition coefficient (Wildman–Crippen LogP) is 3.62. The third-order valence-electron chi connectivity index (χ3n) is 4.39. The van der Waals surface area contributed by atoms with E-state index in [1.807, 2.05) is 36.4 Å². The van der Waals surface area contributed by atoms with E-state index in [4.69, 9.17) is 85.2 Å². The molecule has 0 radical (unpaired) electrons. The fraction of sp³-hybridized carbons (Fsp3) is 0. The number of rotatable bonds is 0. The first-order valence-electron chi connectivity index (χ1n) is 9.84. The van der Waals surface area contributed by atoms with Crippen LogP contribution in [0, 0.1) is 102 Å². The van der Waals surface area contributed by atoms with Crippen molar-refractivity contribution in [2.45, 2.75) is 14.7 Å². The van der Waals surface area contributed by atoms with E-state index >= 15 is 0 Å². The zero-order chi connectivity index (χ0) is 29.5. The molecule has 0 aliphatic rings. The van der Waals surface area contributed by atoms with Crippen molar-refractivity contribution >= 4 is 37.9 Å². The number of nitriles is 9. The largest absolute Gasteiger partial charge is 2.00 e. The van der Waals surface area contributed by atoms with Crippen LogP contribution in [0.25, 0.3) is 0 Å². The van der Waals surface area contributed by atoms with E-state index in [1.165, 1.54) is 36.4 Å². The Morgan fingerprint density at radius 2 is 0.475 bits per heavy atom. The predicted molar refractivity (Wildman–Crippen MR) is 139 cm³/mol. The molecule has 0 saturated carbocycles. The van der Waals surface area contributed by atoms with Gasteiger partial charge in [-0.15, -0.1) is 0 Å². The van der Waals surface area contributed by atoms with Crippen molar-refractivity contribution in [3.05, 3.63) is 86.5 Å². The molecule has 3 aromatic rings. The van der Waals surface area contributed by atoms with E-state index in [0.29, 0.717) is 14.7 Å². The summed E-state index contributed by atoms with van der Waals surface area (Å²) in [5.74, 6) is 0. The van der Waals surface area contributed by atoms with E-state index in [1.54, 1.807) is 18.2 Å². The van der Waals surface area contributed by atoms with Crippen LogP contribution in [0.3, 0.4) is 0 Å². The minimum atomic E-state index is 0. The molecule has 3 rings (SSSR count). The zero-order valence-corrected chi connectivity index (χ0v) is 25.3. The molecule has 0 atom stereocenters. The van der Waals surface area contributed by atoms with Gasteiger partial charge in [0.2, 0.25) is 0 Å². The molecular formula is C27H6N9S3Zn-. The van der Waals surface area contributed by atoms with Gasteiger partial charge < -0.3 is 37.9 Å². The molecule has 0 heterocycles. The summed E-state index contributed by atoms with van der Waals surface area (Å²) in [7, 11) is 0. The molecule has 0 aromatic heterocycles. The van der Waals surface area contributed by atoms with Crippen molar-refractivity contribution in [3.63, 3.8) is 0 Å². The Bertz CT molecular complexity index is 1530. The molecule has 0 spiro atoms. The van der Waals surface area contributed by atoms with Crippen molar-refractivity contribution in [1.82, 2.24) is 0 Å². The van der Waals surface area contributed by atoms with Gasteiger partial charge in [0.05, 0.1) is 50.1 Å². The van der Waals surface area contributed by atoms with Gasteiger partial charge in [-0.25, -0.2) is 0 Å². The van der Waals surface area contributed by atoms with E-state index in [9.17, 15) is 0 Å². The number of nitrogens with zero attached hydrogens (tertiary/aromatic N) is 9. The van der Waals surface area contributed by atoms with Crippen LogP contribution in [0.15, 0.2) is 51.1 Å². The summed E-state index contributed by atoms with van der Waals surface area (Å²) in [4.78, 5) is 1.19. The molecule has 3 aromatic carbocycles. The monoisotopic (exact) mass is 616 g/mol. The molecule has 40 heavy (non-hydrogen) atoms. The summed E-state index contributed by atoms with van der Waals surface area (Å²) in [5, 5.41) is 77.8. The second kappa shape index (κ2) is 17.0. The fourth-order valence-corrected chi connectivity index (χ4v) is 3.44. The van der Waals surface area contributed by atoms with E-state index in [2.05, 4.69) is 0 Å². The SMILES string of the molecule is N#Cc1cc([S-])cc(C#N)c1C#N.N#Cc1cc([S-])cc(C#N)c1C#N.N#Cc1cc([S-])cc(C#N)c1C#N.[Zn+2]. The summed E-state index contributed by atoms with van der Waals surface area (Å²) in [5.41, 5.74) is 1.24. The molecule has 0 N–H and O–H groups in total. The van der Waals surface area contributed by atoms with Crippen molar-refractivity contribution in [1.29, 1.82) is 47.4 Å². The van der Waals surface area contributed by atoms with Crippen LogP contribution < -0.4 is 0 Å². The van der Waals surface area contributed by atoms with Crippen LogP contribution in [0.4, 0.5) is 0 Å². The Morgan fingerprint density at radius 1 is 0.325 bits per heavy atom. The topological polar surface area (TPSA) is 214 Å². The second-order valence-corrected chi connectivity index (χ2v) is 8.10. The van der Waals surface area contributed by atoms with Crippen LogP contribution in [-0.4, -0.2) is 0 Å². The van der Waals surface area contributed by atoms with E-state index < -0.39 is 0 Å². The summed E-state index contributed by atoms with van der Waals surface area (Å²) < 4.78 is 0. The van der Waals surface area contributed by atoms with Crippen LogP contribution >= 0.6 is 0 Å². The molecule has 0 aliphatic carbocycles. The minimum Gasteiger partial charge on any atom is -0.780 e. The van der Waals surface area contributed by atoms with Crippen LogP contribution in [0.1, 0.15) is 50.1 Å². The zero-order valence-electron chi connectivity index (χ0n) is 19.9. The Labute approximate surface area is 259 Å². The summed E-state index contributed by atoms with van der Waals surface area (Å²) in [6.45, 7) is 0. The first kappa shape index (κ1) is 34.4. The Hall–Kier alpha value is -5.65. The summed E-state index contributed by atoms with van der Waals surface area (Å²) in [6, 6.07) is 24.8. The number of hydrogen-bond acceptors (Lipinski definition) is 12. The molecular weight excluding hydrogens is 612 g/mol. The van der Waals surface area contributed by atoms with Gasteiger partial charge in [0, 0.05) is 0 Å². The van der Waals surface area contributed by atoms with Gasteiger partial charge in [-0.2, -0.15) is 62.0 Å². The Kier molecular flexibility index (Phi) is 14.6. The van der Waals surface area contributed by atoms with Gasteiger partial charge >= 0.3 is 19.5 Å². The average Bonchev–Trinajstić information content (AvgIpc) is 2.95. The minimum absolute atomic E-state index is 0. The van der Waals surface area contributed by atoms with Gasteiger partial charge in [0.1, 0.15) is 54.6 Å². The third kappa shape index (κ3) is 8.73. The van der Waals surface area contributed by atoms with E-state index in [0.717, 1.165) is 0 Å². The second-order valence-electron chi connectivity index (χ2n) is 6.69. The molecule has 180 valence electrons. The molecule has 0 fully saturated rings. The molecule has 0 bridgehead atoms. The van der Waals surface area contributed by atoms with E-state index in [-0.39, 0.29) is 69.5 Å². The fourth-order valence-electron chi connectivity index (χ4n) is 2.74. The summed E-state index contributed by atoms with van der Waals surface area (Å²) >= 11 is 14.4. The smallest absolute Gasteiger partial charge is 0.780 e. The van der Waals surface area contributed by atoms with Gasteiger partial charge in [0.15, 0.2) is 0 Å². The van der Waals surface area contributed by atoms with Crippen LogP contribution in [0.2, 0.25) is 0 Å².